The number of unbranched alkanes of at least 4 members (excludes halogenated alkanes) is 36. The highest BCUT2D eigenvalue weighted by molar-refractivity contribution is 5.93. The lowest BCUT2D eigenvalue weighted by Gasteiger charge is -2.19. The second-order valence-corrected chi connectivity index (χ2v) is 28.5. The first kappa shape index (κ1) is 76.3. The Morgan fingerprint density at radius 3 is 0.764 bits per heavy atom. The number of rotatable bonds is 62. The molecular weight excluding hydrogens is 1320 g/mol. The highest BCUT2D eigenvalue weighted by atomic mass is 16.6. The summed E-state index contributed by atoms with van der Waals surface area (Å²) < 4.78 is 112. The maximum absolute atomic E-state index is 14.7. The van der Waals surface area contributed by atoms with Crippen molar-refractivity contribution < 1.29 is 60.4 Å². The molecule has 0 saturated heterocycles. The Morgan fingerprint density at radius 2 is 0.472 bits per heavy atom. The van der Waals surface area contributed by atoms with Crippen molar-refractivity contribution in [2.75, 3.05) is 26.4 Å². The molecule has 0 spiro atoms. The van der Waals surface area contributed by atoms with Gasteiger partial charge in [-0.1, -0.05) is 320 Å². The zero-order chi connectivity index (χ0) is 79.8. The molecule has 7 aromatic rings. The summed E-state index contributed by atoms with van der Waals surface area (Å²) in [7, 11) is 0. The molecule has 0 heterocycles. The number of esters is 2. The van der Waals surface area contributed by atoms with Crippen LogP contribution in [0, 0.1) is 0 Å². The highest BCUT2D eigenvalue weighted by Crippen LogP contribution is 2.41. The van der Waals surface area contributed by atoms with Crippen LogP contribution in [0.25, 0.3) is 11.1 Å². The van der Waals surface area contributed by atoms with E-state index < -0.39 is 48.9 Å². The zero-order valence-corrected chi connectivity index (χ0v) is 65.1. The molecule has 0 aromatic heterocycles. The van der Waals surface area contributed by atoms with E-state index in [0.717, 1.165) is 87.5 Å². The minimum Gasteiger partial charge on any atom is -0.494 e. The molecule has 0 radical (unpaired) electrons. The second-order valence-electron chi connectivity index (χ2n) is 28.5. The molecule has 0 bridgehead atoms. The summed E-state index contributed by atoms with van der Waals surface area (Å²) in [6, 6.07) is 42.2. The van der Waals surface area contributed by atoms with E-state index in [1.54, 1.807) is 97.1 Å². The van der Waals surface area contributed by atoms with Crippen molar-refractivity contribution in [1.82, 2.24) is 0 Å². The Kier molecular flexibility index (Phi) is 39.3. The Morgan fingerprint density at radius 1 is 0.245 bits per heavy atom. The molecule has 7 aromatic carbocycles. The summed E-state index contributed by atoms with van der Waals surface area (Å²) in [5, 5.41) is 0. The third-order valence-corrected chi connectivity index (χ3v) is 19.3. The van der Waals surface area contributed by atoms with E-state index in [9.17, 15) is 17.8 Å². The largest absolute Gasteiger partial charge is 0.494 e. The van der Waals surface area contributed by atoms with Crippen molar-refractivity contribution >= 4 is 11.9 Å². The number of carbonyl (C=O) groups excluding carboxylic acids is 2. The maximum Gasteiger partial charge on any atom is 0.343 e. The van der Waals surface area contributed by atoms with Crippen LogP contribution in [0.4, 0.5) is 0 Å². The van der Waals surface area contributed by atoms with Crippen LogP contribution >= 0.6 is 0 Å². The van der Waals surface area contributed by atoms with Crippen LogP contribution in [-0.4, -0.2) is 38.4 Å². The predicted octanol–water partition coefficient (Wildman–Crippen LogP) is 27.7. The van der Waals surface area contributed by atoms with Crippen LogP contribution in [0.2, 0.25) is 0 Å². The molecule has 7 rings (SSSR count). The monoisotopic (exact) mass is 1460 g/mol. The van der Waals surface area contributed by atoms with Gasteiger partial charge in [0.2, 0.25) is 5.75 Å². The minimum absolute atomic E-state index is 0.0474. The Labute approximate surface area is 648 Å². The standard InChI is InChI=1S/C95H132O11/c1-5-9-13-17-21-25-29-33-37-41-69-98-85-57-45-78(46-58-85)75-102-91-73-84(95(97)106-89-63-55-82(56-64-89)81-51-53-83(54-52-81)94(96)105-90-67-65-88(66-68-90)101-72-44-40-36-32-28-24-20-16-12-8-4)74-92(103-76-79-47-59-86(60-48-79)99-70-42-38-34-30-26-22-18-14-10-6-2)93(91)104-77-80-49-61-87(62-50-80)100-71-43-39-35-31-27-23-19-15-11-7-3/h45-68,73-74H,5-44,69-72,75-77H2,1-4H3/i75D2,76D2,77D2. The lowest BCUT2D eigenvalue weighted by atomic mass is 10.0. The van der Waals surface area contributed by atoms with Crippen LogP contribution in [-0.2, 0) is 19.7 Å². The van der Waals surface area contributed by atoms with Crippen LogP contribution in [0.1, 0.15) is 330 Å². The van der Waals surface area contributed by atoms with Gasteiger partial charge in [0.15, 0.2) is 11.5 Å². The average Bonchev–Trinajstić information content (AvgIpc) is 0.768. The summed E-state index contributed by atoms with van der Waals surface area (Å²) in [5.74, 6) is -0.155. The molecule has 0 aliphatic carbocycles. The average molecular weight is 1460 g/mol. The summed E-state index contributed by atoms with van der Waals surface area (Å²) in [6.07, 6.45) is 48.3. The zero-order valence-electron chi connectivity index (χ0n) is 71.1. The number of ether oxygens (including phenoxy) is 9. The van der Waals surface area contributed by atoms with E-state index in [1.807, 2.05) is 12.1 Å². The fraction of sp³-hybridized carbons (Fsp3) is 0.537. The number of carbonyl (C=O) groups is 2. The third-order valence-electron chi connectivity index (χ3n) is 19.3. The number of hydrogen-bond acceptors (Lipinski definition) is 11. The SMILES string of the molecule is [2H]C([2H])(Oc1cc(C(=O)Oc2ccc(-c3ccc(C(=O)Oc4ccc(OCCCCCCCCCCCC)cc4)cc3)cc2)cc(OC([2H])([2H])c2ccc(OCCCCCCCCCCCC)cc2)c1OC([2H])([2H])c1ccc(OCCCCCCCCCCCC)cc1)c1ccc(OCCCCCCCCCCCC)cc1. The Bertz CT molecular complexity index is 3560. The molecule has 0 aliphatic heterocycles. The van der Waals surface area contributed by atoms with Gasteiger partial charge in [-0.05, 0) is 151 Å². The fourth-order valence-electron chi connectivity index (χ4n) is 12.7. The molecule has 0 unspecified atom stereocenters. The lowest BCUT2D eigenvalue weighted by molar-refractivity contribution is 0.0724. The summed E-state index contributed by atoms with van der Waals surface area (Å²) in [5.41, 5.74) is 1.75. The van der Waals surface area contributed by atoms with Crippen molar-refractivity contribution in [3.05, 3.63) is 186 Å². The number of benzene rings is 7. The molecule has 106 heavy (non-hydrogen) atoms. The van der Waals surface area contributed by atoms with Crippen molar-refractivity contribution in [3.63, 3.8) is 0 Å². The first-order valence-electron chi connectivity index (χ1n) is 44.3. The molecule has 0 fully saturated rings. The lowest BCUT2D eigenvalue weighted by Crippen LogP contribution is -2.11. The quantitative estimate of drug-likeness (QED) is 0.0206. The van der Waals surface area contributed by atoms with E-state index in [2.05, 4.69) is 27.7 Å². The van der Waals surface area contributed by atoms with Gasteiger partial charge >= 0.3 is 11.9 Å². The Hall–Kier alpha value is -7.92. The van der Waals surface area contributed by atoms with Gasteiger partial charge in [-0.2, -0.15) is 0 Å². The predicted molar refractivity (Wildman–Crippen MR) is 436 cm³/mol. The van der Waals surface area contributed by atoms with Gasteiger partial charge in [-0.3, -0.25) is 0 Å². The van der Waals surface area contributed by atoms with E-state index >= 15 is 0 Å². The normalized spacial score (nSPS) is 12.4. The molecular formula is C95H132O11. The number of hydrogen-bond donors (Lipinski definition) is 0. The van der Waals surface area contributed by atoms with Crippen molar-refractivity contribution in [2.24, 2.45) is 0 Å². The Balaban J connectivity index is 1.09. The molecule has 11 nitrogen and oxygen atoms in total. The second kappa shape index (κ2) is 54.6. The topological polar surface area (TPSA) is 117 Å². The van der Waals surface area contributed by atoms with Gasteiger partial charge in [0, 0.05) is 0 Å². The van der Waals surface area contributed by atoms with Gasteiger partial charge in [-0.25, -0.2) is 9.59 Å². The van der Waals surface area contributed by atoms with Crippen LogP contribution in [0.3, 0.4) is 0 Å². The molecule has 0 atom stereocenters. The maximum atomic E-state index is 14.7. The van der Waals surface area contributed by atoms with E-state index in [0.29, 0.717) is 55.0 Å². The van der Waals surface area contributed by atoms with E-state index in [-0.39, 0.29) is 28.0 Å². The molecule has 578 valence electrons. The third kappa shape index (κ3) is 36.1. The summed E-state index contributed by atoms with van der Waals surface area (Å²) in [6.45, 7) is 2.97. The minimum atomic E-state index is -2.72. The summed E-state index contributed by atoms with van der Waals surface area (Å²) >= 11 is 0. The molecule has 0 saturated carbocycles. The molecule has 0 N–H and O–H groups in total. The smallest absolute Gasteiger partial charge is 0.343 e. The van der Waals surface area contributed by atoms with Crippen LogP contribution in [0.5, 0.6) is 51.7 Å². The first-order chi connectivity index (χ1) is 54.5. The first-order valence-corrected chi connectivity index (χ1v) is 41.3. The van der Waals surface area contributed by atoms with Gasteiger partial charge in [0.1, 0.15) is 54.2 Å². The molecule has 0 aliphatic rings. The van der Waals surface area contributed by atoms with Crippen molar-refractivity contribution in [1.29, 1.82) is 0 Å². The molecule has 0 amide bonds. The van der Waals surface area contributed by atoms with E-state index in [4.69, 9.17) is 42.6 Å². The molecule has 11 heteroatoms. The van der Waals surface area contributed by atoms with Crippen molar-refractivity contribution in [2.45, 2.75) is 304 Å². The van der Waals surface area contributed by atoms with Gasteiger partial charge < -0.3 is 42.6 Å². The highest BCUT2D eigenvalue weighted by Gasteiger charge is 2.22. The van der Waals surface area contributed by atoms with Crippen LogP contribution < -0.4 is 42.6 Å². The van der Waals surface area contributed by atoms with Gasteiger partial charge in [-0.15, -0.1) is 0 Å². The summed E-state index contributed by atoms with van der Waals surface area (Å²) in [4.78, 5) is 28.1. The van der Waals surface area contributed by atoms with E-state index in [1.165, 1.54) is 235 Å². The fourth-order valence-corrected chi connectivity index (χ4v) is 12.7. The van der Waals surface area contributed by atoms with Crippen molar-refractivity contribution in [3.8, 4) is 62.9 Å². The van der Waals surface area contributed by atoms with Gasteiger partial charge in [0.25, 0.3) is 0 Å². The van der Waals surface area contributed by atoms with Crippen LogP contribution in [0.15, 0.2) is 158 Å². The van der Waals surface area contributed by atoms with Gasteiger partial charge in [0.05, 0.1) is 45.8 Å².